The lowest BCUT2D eigenvalue weighted by Crippen LogP contribution is -2.39. The molecule has 0 spiro atoms. The van der Waals surface area contributed by atoms with Crippen LogP contribution < -0.4 is 10.7 Å². The standard InChI is InChI=1S/C13H20N4O2S/c20-13(16-15-11-12-3-1-8-19-12)14-4-2-5-17-6-9-18-10-7-17/h1,3,8,11H,2,4-7,9-10H2,(H2,14,16,20)/b15-11+. The second kappa shape index (κ2) is 8.68. The van der Waals surface area contributed by atoms with E-state index in [-0.39, 0.29) is 0 Å². The van der Waals surface area contributed by atoms with Crippen LogP contribution in [0.25, 0.3) is 0 Å². The van der Waals surface area contributed by atoms with E-state index in [1.54, 1.807) is 12.5 Å². The quantitative estimate of drug-likeness (QED) is 0.350. The monoisotopic (exact) mass is 296 g/mol. The highest BCUT2D eigenvalue weighted by Gasteiger charge is 2.08. The van der Waals surface area contributed by atoms with Gasteiger partial charge in [-0.3, -0.25) is 10.3 Å². The summed E-state index contributed by atoms with van der Waals surface area (Å²) in [4.78, 5) is 2.40. The van der Waals surface area contributed by atoms with Crippen molar-refractivity contribution in [2.45, 2.75) is 6.42 Å². The normalized spacial score (nSPS) is 16.4. The number of rotatable bonds is 6. The van der Waals surface area contributed by atoms with Crippen LogP contribution in [-0.4, -0.2) is 55.6 Å². The molecule has 7 heteroatoms. The lowest BCUT2D eigenvalue weighted by atomic mass is 10.3. The first-order valence-corrected chi connectivity index (χ1v) is 7.16. The Morgan fingerprint density at radius 1 is 1.45 bits per heavy atom. The second-order valence-corrected chi connectivity index (χ2v) is 4.86. The summed E-state index contributed by atoms with van der Waals surface area (Å²) in [6, 6.07) is 3.63. The molecule has 6 nitrogen and oxygen atoms in total. The fourth-order valence-corrected chi connectivity index (χ4v) is 2.04. The molecule has 1 aromatic heterocycles. The molecular formula is C13H20N4O2S. The van der Waals surface area contributed by atoms with Gasteiger partial charge < -0.3 is 14.5 Å². The molecule has 1 saturated heterocycles. The maximum atomic E-state index is 5.31. The molecule has 1 aromatic rings. The van der Waals surface area contributed by atoms with Crippen molar-refractivity contribution in [3.05, 3.63) is 24.2 Å². The molecule has 20 heavy (non-hydrogen) atoms. The minimum absolute atomic E-state index is 0.523. The molecule has 0 bridgehead atoms. The highest BCUT2D eigenvalue weighted by atomic mass is 32.1. The Morgan fingerprint density at radius 2 is 2.30 bits per heavy atom. The first-order valence-electron chi connectivity index (χ1n) is 6.75. The Bertz CT molecular complexity index is 416. The number of furan rings is 1. The number of nitrogens with one attached hydrogen (secondary N) is 2. The number of hydrogen-bond donors (Lipinski definition) is 2. The molecule has 0 aliphatic carbocycles. The van der Waals surface area contributed by atoms with Gasteiger partial charge in [-0.15, -0.1) is 0 Å². The minimum atomic E-state index is 0.523. The number of hydrogen-bond acceptors (Lipinski definition) is 5. The van der Waals surface area contributed by atoms with Crippen molar-refractivity contribution in [2.24, 2.45) is 5.10 Å². The summed E-state index contributed by atoms with van der Waals surface area (Å²) < 4.78 is 10.4. The number of ether oxygens (including phenoxy) is 1. The smallest absolute Gasteiger partial charge is 0.186 e. The van der Waals surface area contributed by atoms with Gasteiger partial charge in [-0.05, 0) is 37.3 Å². The number of hydrazone groups is 1. The lowest BCUT2D eigenvalue weighted by molar-refractivity contribution is 0.0376. The van der Waals surface area contributed by atoms with Gasteiger partial charge in [0.05, 0.1) is 25.7 Å². The van der Waals surface area contributed by atoms with Gasteiger partial charge in [-0.25, -0.2) is 0 Å². The van der Waals surface area contributed by atoms with E-state index in [1.165, 1.54) is 0 Å². The second-order valence-electron chi connectivity index (χ2n) is 4.45. The average Bonchev–Trinajstić information content (AvgIpc) is 2.98. The van der Waals surface area contributed by atoms with Crippen molar-refractivity contribution < 1.29 is 9.15 Å². The SMILES string of the molecule is S=C(NCCCN1CCOCC1)N/N=C/c1ccco1. The number of morpholine rings is 1. The van der Waals surface area contributed by atoms with E-state index in [1.807, 2.05) is 12.1 Å². The van der Waals surface area contributed by atoms with Gasteiger partial charge >= 0.3 is 0 Å². The number of nitrogens with zero attached hydrogens (tertiary/aromatic N) is 2. The Balaban J connectivity index is 1.51. The van der Waals surface area contributed by atoms with Crippen molar-refractivity contribution in [3.63, 3.8) is 0 Å². The van der Waals surface area contributed by atoms with Gasteiger partial charge in [0.25, 0.3) is 0 Å². The molecule has 2 heterocycles. The molecule has 0 atom stereocenters. The third kappa shape index (κ3) is 5.68. The summed E-state index contributed by atoms with van der Waals surface area (Å²) >= 11 is 5.12. The predicted molar refractivity (Wildman–Crippen MR) is 81.9 cm³/mol. The third-order valence-corrected chi connectivity index (χ3v) is 3.18. The molecule has 2 N–H and O–H groups in total. The molecule has 0 radical (unpaired) electrons. The highest BCUT2D eigenvalue weighted by Crippen LogP contribution is 1.97. The number of thiocarbonyl (C=S) groups is 1. The van der Waals surface area contributed by atoms with Crippen LogP contribution in [0.4, 0.5) is 0 Å². The van der Waals surface area contributed by atoms with E-state index in [4.69, 9.17) is 21.4 Å². The predicted octanol–water partition coefficient (Wildman–Crippen LogP) is 0.800. The Morgan fingerprint density at radius 3 is 3.05 bits per heavy atom. The maximum Gasteiger partial charge on any atom is 0.186 e. The maximum absolute atomic E-state index is 5.31. The summed E-state index contributed by atoms with van der Waals surface area (Å²) in [5, 5.41) is 7.63. The summed E-state index contributed by atoms with van der Waals surface area (Å²) in [5.41, 5.74) is 2.76. The van der Waals surface area contributed by atoms with Gasteiger partial charge in [0.1, 0.15) is 5.76 Å². The van der Waals surface area contributed by atoms with Gasteiger partial charge in [0, 0.05) is 19.6 Å². The van der Waals surface area contributed by atoms with Crippen LogP contribution in [0.1, 0.15) is 12.2 Å². The topological polar surface area (TPSA) is 62.0 Å². The van der Waals surface area contributed by atoms with Gasteiger partial charge in [-0.2, -0.15) is 5.10 Å². The Hall–Kier alpha value is -1.44. The highest BCUT2D eigenvalue weighted by molar-refractivity contribution is 7.80. The fourth-order valence-electron chi connectivity index (χ4n) is 1.89. The summed E-state index contributed by atoms with van der Waals surface area (Å²) in [6.07, 6.45) is 4.23. The fraction of sp³-hybridized carbons (Fsp3) is 0.538. The molecule has 1 aliphatic heterocycles. The average molecular weight is 296 g/mol. The van der Waals surface area contributed by atoms with Crippen LogP contribution in [0.3, 0.4) is 0 Å². The summed E-state index contributed by atoms with van der Waals surface area (Å²) in [6.45, 7) is 5.63. The molecule has 2 rings (SSSR count). The van der Waals surface area contributed by atoms with Gasteiger partial charge in [0.2, 0.25) is 0 Å². The zero-order valence-electron chi connectivity index (χ0n) is 11.4. The molecular weight excluding hydrogens is 276 g/mol. The van der Waals surface area contributed by atoms with E-state index in [0.29, 0.717) is 10.9 Å². The molecule has 0 saturated carbocycles. The zero-order chi connectivity index (χ0) is 14.0. The molecule has 0 aromatic carbocycles. The molecule has 0 unspecified atom stereocenters. The third-order valence-electron chi connectivity index (χ3n) is 2.94. The largest absolute Gasteiger partial charge is 0.463 e. The summed E-state index contributed by atoms with van der Waals surface area (Å²) in [5.74, 6) is 0.688. The molecule has 1 aliphatic rings. The van der Waals surface area contributed by atoms with Crippen LogP contribution in [-0.2, 0) is 4.74 Å². The first kappa shape index (κ1) is 15.0. The van der Waals surface area contributed by atoms with Gasteiger partial charge in [0.15, 0.2) is 5.11 Å². The zero-order valence-corrected chi connectivity index (χ0v) is 12.2. The Kier molecular flexibility index (Phi) is 6.49. The van der Waals surface area contributed by atoms with Crippen molar-refractivity contribution in [1.82, 2.24) is 15.6 Å². The van der Waals surface area contributed by atoms with E-state index < -0.39 is 0 Å². The Labute approximate surface area is 124 Å². The van der Waals surface area contributed by atoms with E-state index >= 15 is 0 Å². The van der Waals surface area contributed by atoms with Crippen LogP contribution in [0, 0.1) is 0 Å². The molecule has 1 fully saturated rings. The van der Waals surface area contributed by atoms with Crippen LogP contribution >= 0.6 is 12.2 Å². The lowest BCUT2D eigenvalue weighted by Gasteiger charge is -2.26. The van der Waals surface area contributed by atoms with Gasteiger partial charge in [-0.1, -0.05) is 0 Å². The van der Waals surface area contributed by atoms with E-state index in [2.05, 4.69) is 20.7 Å². The van der Waals surface area contributed by atoms with Crippen molar-refractivity contribution >= 4 is 23.5 Å². The first-order chi connectivity index (χ1) is 9.84. The molecule has 0 amide bonds. The summed E-state index contributed by atoms with van der Waals surface area (Å²) in [7, 11) is 0. The van der Waals surface area contributed by atoms with Crippen molar-refractivity contribution in [3.8, 4) is 0 Å². The van der Waals surface area contributed by atoms with Crippen molar-refractivity contribution in [2.75, 3.05) is 39.4 Å². The molecule has 110 valence electrons. The van der Waals surface area contributed by atoms with Crippen LogP contribution in [0.2, 0.25) is 0 Å². The van der Waals surface area contributed by atoms with Crippen LogP contribution in [0.5, 0.6) is 0 Å². The van der Waals surface area contributed by atoms with Crippen molar-refractivity contribution in [1.29, 1.82) is 0 Å². The van der Waals surface area contributed by atoms with E-state index in [9.17, 15) is 0 Å². The minimum Gasteiger partial charge on any atom is -0.463 e. The van der Waals surface area contributed by atoms with E-state index in [0.717, 1.165) is 45.8 Å². The van der Waals surface area contributed by atoms with Crippen LogP contribution in [0.15, 0.2) is 27.9 Å².